The van der Waals surface area contributed by atoms with E-state index < -0.39 is 0 Å². The van der Waals surface area contributed by atoms with Crippen molar-refractivity contribution in [1.29, 1.82) is 0 Å². The maximum Gasteiger partial charge on any atom is 0.258 e. The normalized spacial score (nSPS) is 14.4. The molecule has 0 N–H and O–H groups in total. The lowest BCUT2D eigenvalue weighted by atomic mass is 9.34. The number of para-hydroxylation sites is 1. The Labute approximate surface area is 350 Å². The van der Waals surface area contributed by atoms with Crippen LogP contribution in [-0.2, 0) is 10.8 Å². The van der Waals surface area contributed by atoms with Crippen molar-refractivity contribution in [3.8, 4) is 11.4 Å². The topological polar surface area (TPSA) is 31.8 Å². The molecule has 61 heavy (non-hydrogen) atoms. The number of benzene rings is 8. The van der Waals surface area contributed by atoms with Gasteiger partial charge in [-0.05, 0) is 121 Å². The smallest absolute Gasteiger partial charge is 0.258 e. The van der Waals surface area contributed by atoms with E-state index in [4.69, 9.17) is 4.42 Å². The van der Waals surface area contributed by atoms with E-state index in [0.29, 0.717) is 0 Å². The third kappa shape index (κ3) is 3.26. The highest BCUT2D eigenvalue weighted by Gasteiger charge is 2.48. The van der Waals surface area contributed by atoms with Crippen LogP contribution in [0.2, 0.25) is 0 Å². The summed E-state index contributed by atoms with van der Waals surface area (Å²) in [5.74, 6) is 0. The zero-order valence-electron chi connectivity index (χ0n) is 35.2. The van der Waals surface area contributed by atoms with Crippen LogP contribution in [0.15, 0.2) is 114 Å². The van der Waals surface area contributed by atoms with Gasteiger partial charge in [-0.1, -0.05) is 102 Å². The SMILES string of the molecule is Cc1cc2c3c(c1)-n1c4ccc(C(C)(C)C)cc4n4c5c6c(c14)B3c1c3c4c(ccc3n3c7cc(C(C)(C)C)ccc7n-2c13)c1ccccc1c(c1oc2ccccc2c15)c64. The van der Waals surface area contributed by atoms with Gasteiger partial charge in [-0.2, -0.15) is 0 Å². The van der Waals surface area contributed by atoms with Crippen LogP contribution >= 0.6 is 0 Å². The molecule has 13 aromatic rings. The molecule has 0 atom stereocenters. The van der Waals surface area contributed by atoms with E-state index in [-0.39, 0.29) is 17.5 Å². The van der Waals surface area contributed by atoms with Gasteiger partial charge >= 0.3 is 0 Å². The number of rotatable bonds is 0. The van der Waals surface area contributed by atoms with Gasteiger partial charge in [0.05, 0.1) is 38.5 Å². The molecule has 0 amide bonds. The Balaban J connectivity index is 1.32. The summed E-state index contributed by atoms with van der Waals surface area (Å²) in [6, 6.07) is 42.2. The Hall–Kier alpha value is -6.92. The Morgan fingerprint density at radius 2 is 1.03 bits per heavy atom. The molecule has 0 saturated heterocycles. The van der Waals surface area contributed by atoms with Crippen LogP contribution < -0.4 is 16.4 Å². The van der Waals surface area contributed by atoms with Gasteiger partial charge in [-0.3, -0.25) is 17.9 Å². The third-order valence-corrected chi connectivity index (χ3v) is 15.3. The van der Waals surface area contributed by atoms with E-state index in [9.17, 15) is 0 Å². The highest BCUT2D eigenvalue weighted by Crippen LogP contribution is 2.52. The predicted molar refractivity (Wildman–Crippen MR) is 257 cm³/mol. The molecule has 0 radical (unpaired) electrons. The minimum Gasteiger partial charge on any atom is -0.455 e. The fraction of sp³-hybridized carbons (Fsp3) is 0.164. The predicted octanol–water partition coefficient (Wildman–Crippen LogP) is 12.1. The van der Waals surface area contributed by atoms with Gasteiger partial charge in [0.15, 0.2) is 0 Å². The van der Waals surface area contributed by atoms with Gasteiger partial charge < -0.3 is 4.42 Å². The molecule has 16 rings (SSSR count). The molecule has 0 fully saturated rings. The molecular formula is C55H39BN4O. The lowest BCUT2D eigenvalue weighted by molar-refractivity contribution is 0.590. The summed E-state index contributed by atoms with van der Waals surface area (Å²) in [7, 11) is 0. The number of hydrogen-bond donors (Lipinski definition) is 0. The Morgan fingerprint density at radius 3 is 1.72 bits per heavy atom. The molecule has 5 aromatic heterocycles. The number of furan rings is 1. The number of imidazole rings is 2. The summed E-state index contributed by atoms with van der Waals surface area (Å²) in [6.45, 7) is 16.3. The van der Waals surface area contributed by atoms with Crippen LogP contribution in [0.25, 0.3) is 121 Å². The minimum atomic E-state index is -0.0251. The first kappa shape index (κ1) is 31.9. The second-order valence-electron chi connectivity index (χ2n) is 20.6. The largest absolute Gasteiger partial charge is 0.455 e. The van der Waals surface area contributed by atoms with Crippen molar-refractivity contribution in [2.24, 2.45) is 0 Å². The van der Waals surface area contributed by atoms with E-state index in [1.165, 1.54) is 143 Å². The van der Waals surface area contributed by atoms with Crippen LogP contribution in [-0.4, -0.2) is 24.6 Å². The van der Waals surface area contributed by atoms with Crippen LogP contribution in [0.1, 0.15) is 58.2 Å². The number of hydrogen-bond acceptors (Lipinski definition) is 1. The summed E-state index contributed by atoms with van der Waals surface area (Å²) in [4.78, 5) is 0. The Bertz CT molecular complexity index is 4370. The number of fused-ring (bicyclic) bond motifs is 18. The summed E-state index contributed by atoms with van der Waals surface area (Å²) < 4.78 is 17.8. The van der Waals surface area contributed by atoms with E-state index in [2.05, 4.69) is 176 Å². The lowest BCUT2D eigenvalue weighted by Crippen LogP contribution is -2.59. The molecule has 3 aliphatic heterocycles. The van der Waals surface area contributed by atoms with E-state index >= 15 is 0 Å². The van der Waals surface area contributed by atoms with Crippen LogP contribution in [0.3, 0.4) is 0 Å². The van der Waals surface area contributed by atoms with Gasteiger partial charge in [0.1, 0.15) is 22.5 Å². The van der Waals surface area contributed by atoms with Crippen molar-refractivity contribution < 1.29 is 4.42 Å². The van der Waals surface area contributed by atoms with Crippen molar-refractivity contribution >= 4 is 133 Å². The first-order valence-corrected chi connectivity index (χ1v) is 21.9. The zero-order chi connectivity index (χ0) is 40.5. The summed E-state index contributed by atoms with van der Waals surface area (Å²) in [5.41, 5.74) is 22.8. The first-order valence-electron chi connectivity index (χ1n) is 21.9. The second kappa shape index (κ2) is 9.51. The van der Waals surface area contributed by atoms with Crippen LogP contribution in [0.4, 0.5) is 0 Å². The van der Waals surface area contributed by atoms with Crippen molar-refractivity contribution in [2.45, 2.75) is 59.3 Å². The molecule has 8 heterocycles. The number of aryl methyl sites for hydroxylation is 1. The highest BCUT2D eigenvalue weighted by molar-refractivity contribution is 7.03. The molecule has 288 valence electrons. The van der Waals surface area contributed by atoms with Crippen molar-refractivity contribution in [2.75, 3.05) is 0 Å². The van der Waals surface area contributed by atoms with E-state index in [1.807, 2.05) is 0 Å². The second-order valence-corrected chi connectivity index (χ2v) is 20.6. The quantitative estimate of drug-likeness (QED) is 0.111. The van der Waals surface area contributed by atoms with Gasteiger partial charge in [0.25, 0.3) is 6.71 Å². The molecule has 5 nitrogen and oxygen atoms in total. The average molecular weight is 783 g/mol. The standard InChI is InChI=1S/C55H39BN4O/c1-26-22-38-47-39(23-26)58-34-20-17-28(55(5,6)7)25-37(34)60-50-43-32-14-10-11-15-40(32)61-51(43)42-30-13-9-8-12-29(30)31-18-21-35-44-41(31)45(42)46(50)49(53(58)60)56(47)48(44)52-57(38)33-19-16-27(54(2,3)4)24-36(33)59(35)52/h8-25H,1-7H3. The molecular weight excluding hydrogens is 743 g/mol. The van der Waals surface area contributed by atoms with E-state index in [0.717, 1.165) is 11.2 Å². The summed E-state index contributed by atoms with van der Waals surface area (Å²) in [5, 5.41) is 12.9. The first-order chi connectivity index (χ1) is 29.5. The number of nitrogens with zero attached hydrogens (tertiary/aromatic N) is 4. The molecule has 0 spiro atoms. The van der Waals surface area contributed by atoms with Gasteiger partial charge in [-0.15, -0.1) is 0 Å². The molecule has 0 aliphatic carbocycles. The highest BCUT2D eigenvalue weighted by atomic mass is 16.3. The minimum absolute atomic E-state index is 0.00295. The van der Waals surface area contributed by atoms with Gasteiger partial charge in [0, 0.05) is 38.3 Å². The Kier molecular flexibility index (Phi) is 4.98. The van der Waals surface area contributed by atoms with Gasteiger partial charge in [0.2, 0.25) is 0 Å². The van der Waals surface area contributed by atoms with Crippen LogP contribution in [0.5, 0.6) is 0 Å². The summed E-state index contributed by atoms with van der Waals surface area (Å²) >= 11 is 0. The van der Waals surface area contributed by atoms with E-state index in [1.54, 1.807) is 0 Å². The maximum atomic E-state index is 7.26. The van der Waals surface area contributed by atoms with Crippen molar-refractivity contribution in [1.82, 2.24) is 17.9 Å². The lowest BCUT2D eigenvalue weighted by Gasteiger charge is -2.31. The third-order valence-electron chi connectivity index (χ3n) is 15.3. The fourth-order valence-electron chi connectivity index (χ4n) is 12.8. The zero-order valence-corrected chi connectivity index (χ0v) is 35.2. The summed E-state index contributed by atoms with van der Waals surface area (Å²) in [6.07, 6.45) is 0. The van der Waals surface area contributed by atoms with Crippen molar-refractivity contribution in [3.63, 3.8) is 0 Å². The molecule has 8 aromatic carbocycles. The maximum absolute atomic E-state index is 7.26. The van der Waals surface area contributed by atoms with Crippen molar-refractivity contribution in [3.05, 3.63) is 126 Å². The van der Waals surface area contributed by atoms with Gasteiger partial charge in [-0.25, -0.2) is 0 Å². The molecule has 0 bridgehead atoms. The molecule has 6 heteroatoms. The number of aromatic nitrogens is 4. The molecule has 0 unspecified atom stereocenters. The van der Waals surface area contributed by atoms with Crippen LogP contribution in [0, 0.1) is 6.92 Å². The molecule has 0 saturated carbocycles. The monoisotopic (exact) mass is 782 g/mol. The Morgan fingerprint density at radius 1 is 0.459 bits per heavy atom. The fourth-order valence-corrected chi connectivity index (χ4v) is 12.8. The molecule has 3 aliphatic rings. The average Bonchev–Trinajstić information content (AvgIpc) is 4.02.